The van der Waals surface area contributed by atoms with Crippen LogP contribution in [0.2, 0.25) is 0 Å². The molecule has 0 saturated carbocycles. The van der Waals surface area contributed by atoms with E-state index < -0.39 is 7.32 Å². The molecule has 15 heteroatoms. The van der Waals surface area contributed by atoms with E-state index in [1.807, 2.05) is 0 Å². The molecular weight excluding hydrogens is 1070 g/mol. The molecule has 0 unspecified atom stereocenters. The van der Waals surface area contributed by atoms with Crippen LogP contribution < -0.4 is 65.9 Å². The third kappa shape index (κ3) is 53.0. The van der Waals surface area contributed by atoms with Gasteiger partial charge in [0.05, 0.1) is 0 Å². The number of aryl methyl sites for hydroxylation is 14. The summed E-state index contributed by atoms with van der Waals surface area (Å²) in [5.41, 5.74) is 9.32. The van der Waals surface area contributed by atoms with Crippen LogP contribution >= 0.6 is 0 Å². The van der Waals surface area contributed by atoms with E-state index in [4.69, 9.17) is 15.1 Å². The van der Waals surface area contributed by atoms with E-state index in [0.29, 0.717) is 0 Å². The zero-order valence-electron chi connectivity index (χ0n) is 55.0. The highest BCUT2D eigenvalue weighted by atomic mass is 19.0. The molecular formula is C70H112BF4N7O3. The molecule has 0 aromatic carbocycles. The average Bonchev–Trinajstić information content (AvgIpc) is 3.48. The lowest BCUT2D eigenvalue weighted by molar-refractivity contribution is -0.697. The summed E-state index contributed by atoms with van der Waals surface area (Å²) in [7, 11) is -2.92. The van der Waals surface area contributed by atoms with Crippen molar-refractivity contribution in [2.75, 3.05) is 0 Å². The van der Waals surface area contributed by atoms with Gasteiger partial charge in [-0.3, -0.25) is 7.32 Å². The summed E-state index contributed by atoms with van der Waals surface area (Å²) < 4.78 is 15.6. The maximum atomic E-state index is 8.42. The van der Waals surface area contributed by atoms with Gasteiger partial charge in [-0.2, -0.15) is 0 Å². The molecule has 7 heterocycles. The number of halogens is 4. The van der Waals surface area contributed by atoms with Gasteiger partial charge in [0.1, 0.15) is 45.8 Å². The van der Waals surface area contributed by atoms with Crippen molar-refractivity contribution < 1.29 is 65.9 Å². The largest absolute Gasteiger partial charge is 1.00 e. The summed E-state index contributed by atoms with van der Waals surface area (Å²) in [5, 5.41) is 25.2. The number of rotatable bonds is 21. The van der Waals surface area contributed by atoms with E-state index in [0.717, 1.165) is 45.8 Å². The lowest BCUT2D eigenvalue weighted by Gasteiger charge is -2.35. The Kier molecular flexibility index (Phi) is 61.2. The summed E-state index contributed by atoms with van der Waals surface area (Å²) in [6.45, 7) is 38.4. The Morgan fingerprint density at radius 2 is 0.306 bits per heavy atom. The highest BCUT2D eigenvalue weighted by Crippen LogP contribution is 1.97. The molecule has 0 saturated heterocycles. The van der Waals surface area contributed by atoms with Crippen molar-refractivity contribution in [2.45, 2.75) is 233 Å². The van der Waals surface area contributed by atoms with Gasteiger partial charge >= 0.3 is 0 Å². The Morgan fingerprint density at radius 1 is 0.224 bits per heavy atom. The third-order valence-electron chi connectivity index (χ3n) is 12.8. The SMILES string of the molecule is CCCC[n+]1ccc(C)cc1.CCCC[n+]1ccc(C)cc1.CCCC[n+]1ccc(C)cc1.CCCC[n+]1ccc(C)cc1.CCCC[n+]1ccc(C)cc1.CCCC[n+]1ccc(C)cc1.CCCC[n+]1ccc(C)cc1.[F-].[F-].[F-].[F-].[O-]B([O-])[O-]. The number of unbranched alkanes of at least 4 members (excludes halogenated alkanes) is 7. The van der Waals surface area contributed by atoms with Gasteiger partial charge in [0.2, 0.25) is 0 Å². The van der Waals surface area contributed by atoms with Crippen LogP contribution in [0.15, 0.2) is 172 Å². The highest BCUT2D eigenvalue weighted by molar-refractivity contribution is 6.24. The van der Waals surface area contributed by atoms with Crippen LogP contribution in [-0.4, -0.2) is 7.32 Å². The number of nitrogens with zero attached hydrogens (tertiary/aromatic N) is 7. The molecule has 0 radical (unpaired) electrons. The van der Waals surface area contributed by atoms with Gasteiger partial charge in [0.15, 0.2) is 86.8 Å². The number of hydrogen-bond donors (Lipinski definition) is 0. The zero-order valence-corrected chi connectivity index (χ0v) is 55.0. The van der Waals surface area contributed by atoms with E-state index in [9.17, 15) is 0 Å². The Bertz CT molecular complexity index is 1990. The Labute approximate surface area is 514 Å². The van der Waals surface area contributed by atoms with Crippen molar-refractivity contribution in [2.24, 2.45) is 0 Å². The van der Waals surface area contributed by atoms with Gasteiger partial charge in [0.25, 0.3) is 0 Å². The van der Waals surface area contributed by atoms with Crippen LogP contribution in [0.3, 0.4) is 0 Å². The predicted molar refractivity (Wildman–Crippen MR) is 330 cm³/mol. The molecule has 85 heavy (non-hydrogen) atoms. The van der Waals surface area contributed by atoms with Crippen molar-refractivity contribution >= 4 is 7.32 Å². The summed E-state index contributed by atoms with van der Waals surface area (Å²) in [5.74, 6) is 0. The van der Waals surface area contributed by atoms with Crippen molar-refractivity contribution in [3.05, 3.63) is 211 Å². The van der Waals surface area contributed by atoms with Gasteiger partial charge in [0, 0.05) is 130 Å². The van der Waals surface area contributed by atoms with Gasteiger partial charge in [-0.15, -0.1) is 0 Å². The molecule has 476 valence electrons. The molecule has 10 nitrogen and oxygen atoms in total. The minimum absolute atomic E-state index is 0. The fourth-order valence-corrected chi connectivity index (χ4v) is 7.15. The van der Waals surface area contributed by atoms with E-state index in [2.05, 4.69) is 301 Å². The van der Waals surface area contributed by atoms with Gasteiger partial charge < -0.3 is 33.9 Å². The van der Waals surface area contributed by atoms with Crippen LogP contribution in [-0.2, 0) is 45.8 Å². The maximum absolute atomic E-state index is 8.42. The molecule has 0 bridgehead atoms. The number of hydrogen-bond acceptors (Lipinski definition) is 3. The summed E-state index contributed by atoms with van der Waals surface area (Å²) in [6.07, 6.45) is 47.8. The first-order valence-electron chi connectivity index (χ1n) is 30.7. The maximum Gasteiger partial charge on any atom is 0.169 e. The smallest absolute Gasteiger partial charge is 0.169 e. The Hall–Kier alpha value is -6.29. The van der Waals surface area contributed by atoms with Crippen molar-refractivity contribution in [3.8, 4) is 0 Å². The third-order valence-corrected chi connectivity index (χ3v) is 12.8. The highest BCUT2D eigenvalue weighted by Gasteiger charge is 2.01. The Morgan fingerprint density at radius 3 is 0.376 bits per heavy atom. The second-order valence-corrected chi connectivity index (χ2v) is 21.1. The van der Waals surface area contributed by atoms with E-state index in [-0.39, 0.29) is 18.8 Å². The first-order valence-corrected chi connectivity index (χ1v) is 30.7. The summed E-state index contributed by atoms with van der Waals surface area (Å²) in [4.78, 5) is 0. The molecule has 0 amide bonds. The lowest BCUT2D eigenvalue weighted by atomic mass is 10.3. The van der Waals surface area contributed by atoms with Crippen molar-refractivity contribution in [1.82, 2.24) is 0 Å². The molecule has 7 aromatic heterocycles. The molecule has 0 fully saturated rings. The van der Waals surface area contributed by atoms with Crippen LogP contribution in [0.25, 0.3) is 0 Å². The van der Waals surface area contributed by atoms with Crippen LogP contribution in [0, 0.1) is 48.5 Å². The van der Waals surface area contributed by atoms with Gasteiger partial charge in [-0.05, 0) is 87.4 Å². The Balaban J connectivity index is -0.000000287. The molecule has 0 aliphatic carbocycles. The van der Waals surface area contributed by atoms with Gasteiger partial charge in [-0.1, -0.05) is 93.4 Å². The fourth-order valence-electron chi connectivity index (χ4n) is 7.15. The van der Waals surface area contributed by atoms with Crippen LogP contribution in [0.4, 0.5) is 0 Å². The van der Waals surface area contributed by atoms with Crippen molar-refractivity contribution in [1.29, 1.82) is 0 Å². The molecule has 0 atom stereocenters. The minimum Gasteiger partial charge on any atom is -1.00 e. The molecule has 0 spiro atoms. The monoisotopic (exact) mass is 1190 g/mol. The minimum atomic E-state index is -2.92. The molecule has 7 rings (SSSR count). The normalized spacial score (nSPS) is 9.38. The first kappa shape index (κ1) is 87.5. The fraction of sp³-hybridized carbons (Fsp3) is 0.500. The molecule has 0 aliphatic rings. The lowest BCUT2D eigenvalue weighted by Crippen LogP contribution is -3.00. The summed E-state index contributed by atoms with van der Waals surface area (Å²) >= 11 is 0. The molecule has 7 aromatic rings. The zero-order chi connectivity index (χ0) is 60.3. The number of pyridine rings is 7. The van der Waals surface area contributed by atoms with Crippen LogP contribution in [0.1, 0.15) is 177 Å². The van der Waals surface area contributed by atoms with E-state index >= 15 is 0 Å². The standard InChI is InChI=1S/7C10H16N.BO3.4FH/c7*1-3-4-7-11-8-5-10(2)6-9-11;2-1(3)4;;;;/h7*5-6,8-9H,3-4,7H2,1-2H3;;4*1H/q7*+1;-3;;;;/p-4. The van der Waals surface area contributed by atoms with E-state index in [1.165, 1.54) is 129 Å². The van der Waals surface area contributed by atoms with Gasteiger partial charge in [-0.25, -0.2) is 32.0 Å². The second kappa shape index (κ2) is 59.4. The average molecular weight is 1190 g/mol. The molecule has 0 N–H and O–H groups in total. The second-order valence-electron chi connectivity index (χ2n) is 21.1. The summed E-state index contributed by atoms with van der Waals surface area (Å²) in [6, 6.07) is 30.1. The van der Waals surface area contributed by atoms with E-state index in [1.54, 1.807) is 0 Å². The first-order chi connectivity index (χ1) is 39.0. The number of aromatic nitrogens is 7. The molecule has 0 aliphatic heterocycles. The quantitative estimate of drug-likeness (QED) is 0.0507. The van der Waals surface area contributed by atoms with Crippen LogP contribution in [0.5, 0.6) is 0 Å². The predicted octanol–water partition coefficient (Wildman–Crippen LogP) is -1.35. The topological polar surface area (TPSA) is 96.3 Å². The van der Waals surface area contributed by atoms with Crippen molar-refractivity contribution in [3.63, 3.8) is 0 Å².